The minimum Gasteiger partial charge on any atom is -0.350 e. The van der Waals surface area contributed by atoms with Crippen molar-refractivity contribution in [3.8, 4) is 0 Å². The fourth-order valence-electron chi connectivity index (χ4n) is 3.95. The summed E-state index contributed by atoms with van der Waals surface area (Å²) in [6, 6.07) is 3.85. The van der Waals surface area contributed by atoms with Crippen LogP contribution in [0.1, 0.15) is 91.0 Å². The van der Waals surface area contributed by atoms with E-state index in [9.17, 15) is 8.78 Å². The van der Waals surface area contributed by atoms with Gasteiger partial charge in [-0.1, -0.05) is 51.5 Å². The molecule has 1 aromatic rings. The molecule has 0 aliphatic rings. The van der Waals surface area contributed by atoms with E-state index in [2.05, 4.69) is 6.92 Å². The molecule has 2 nitrogen and oxygen atoms in total. The van der Waals surface area contributed by atoms with Gasteiger partial charge < -0.3 is 9.47 Å². The standard InChI is InChI=1S/C24H40F2O2/c1-5-8-9-10-11-12-15-21(24(4,27-6-2)28-7-3)16-13-14-20-17-18-22(25)19-23(20)26/h17-19,21H,5-16H2,1-4H3. The van der Waals surface area contributed by atoms with Crippen LogP contribution in [0.3, 0.4) is 0 Å². The summed E-state index contributed by atoms with van der Waals surface area (Å²) >= 11 is 0. The van der Waals surface area contributed by atoms with Crippen molar-refractivity contribution >= 4 is 0 Å². The Labute approximate surface area is 171 Å². The maximum Gasteiger partial charge on any atom is 0.168 e. The van der Waals surface area contributed by atoms with Gasteiger partial charge >= 0.3 is 0 Å². The molecule has 0 spiro atoms. The number of halogens is 2. The van der Waals surface area contributed by atoms with E-state index in [0.717, 1.165) is 31.7 Å². The van der Waals surface area contributed by atoms with Crippen LogP contribution in [-0.2, 0) is 15.9 Å². The monoisotopic (exact) mass is 398 g/mol. The second kappa shape index (κ2) is 14.1. The molecule has 162 valence electrons. The molecule has 0 amide bonds. The van der Waals surface area contributed by atoms with Gasteiger partial charge in [0.05, 0.1) is 0 Å². The molecule has 0 N–H and O–H groups in total. The molecule has 0 bridgehead atoms. The van der Waals surface area contributed by atoms with Gasteiger partial charge in [0.2, 0.25) is 0 Å². The Balaban J connectivity index is 2.64. The summed E-state index contributed by atoms with van der Waals surface area (Å²) in [6.45, 7) is 9.47. The Bertz CT molecular complexity index is 527. The molecule has 0 aliphatic heterocycles. The molecule has 28 heavy (non-hydrogen) atoms. The summed E-state index contributed by atoms with van der Waals surface area (Å²) in [5.41, 5.74) is 0.578. The normalized spacial score (nSPS) is 13.1. The van der Waals surface area contributed by atoms with Gasteiger partial charge in [-0.25, -0.2) is 8.78 Å². The topological polar surface area (TPSA) is 18.5 Å². The SMILES string of the molecule is CCCCCCCCC(CCCc1ccc(F)cc1F)C(C)(OCC)OCC. The minimum atomic E-state index is -0.603. The Morgan fingerprint density at radius 2 is 1.46 bits per heavy atom. The van der Waals surface area contributed by atoms with Crippen molar-refractivity contribution in [1.82, 2.24) is 0 Å². The zero-order valence-electron chi connectivity index (χ0n) is 18.4. The molecule has 0 fully saturated rings. The van der Waals surface area contributed by atoms with E-state index in [4.69, 9.17) is 9.47 Å². The summed E-state index contributed by atoms with van der Waals surface area (Å²) < 4.78 is 39.1. The molecular weight excluding hydrogens is 358 g/mol. The molecule has 1 atom stereocenters. The number of ether oxygens (including phenoxy) is 2. The highest BCUT2D eigenvalue weighted by Crippen LogP contribution is 2.33. The van der Waals surface area contributed by atoms with Crippen LogP contribution in [0.2, 0.25) is 0 Å². The number of hydrogen-bond donors (Lipinski definition) is 0. The van der Waals surface area contributed by atoms with E-state index >= 15 is 0 Å². The lowest BCUT2D eigenvalue weighted by atomic mass is 9.87. The number of hydrogen-bond acceptors (Lipinski definition) is 2. The number of aryl methyl sites for hydroxylation is 1. The molecule has 0 aromatic heterocycles. The summed E-state index contributed by atoms with van der Waals surface area (Å²) in [4.78, 5) is 0. The lowest BCUT2D eigenvalue weighted by Gasteiger charge is -2.37. The zero-order chi connectivity index (χ0) is 20.8. The molecule has 1 unspecified atom stereocenters. The molecule has 0 heterocycles. The van der Waals surface area contributed by atoms with Crippen molar-refractivity contribution in [3.05, 3.63) is 35.4 Å². The van der Waals surface area contributed by atoms with Gasteiger partial charge in [0, 0.05) is 25.2 Å². The maximum absolute atomic E-state index is 13.9. The lowest BCUT2D eigenvalue weighted by Crippen LogP contribution is -2.41. The van der Waals surface area contributed by atoms with E-state index in [-0.39, 0.29) is 5.92 Å². The molecule has 0 saturated carbocycles. The third-order valence-electron chi connectivity index (χ3n) is 5.52. The zero-order valence-corrected chi connectivity index (χ0v) is 18.4. The Morgan fingerprint density at radius 3 is 2.07 bits per heavy atom. The van der Waals surface area contributed by atoms with Crippen LogP contribution in [-0.4, -0.2) is 19.0 Å². The van der Waals surface area contributed by atoms with Gasteiger partial charge in [0.25, 0.3) is 0 Å². The molecule has 0 aliphatic carbocycles. The first-order valence-corrected chi connectivity index (χ1v) is 11.2. The van der Waals surface area contributed by atoms with E-state index in [1.807, 2.05) is 20.8 Å². The minimum absolute atomic E-state index is 0.266. The smallest absolute Gasteiger partial charge is 0.168 e. The van der Waals surface area contributed by atoms with Gasteiger partial charge in [-0.2, -0.15) is 0 Å². The van der Waals surface area contributed by atoms with Crippen molar-refractivity contribution < 1.29 is 18.3 Å². The van der Waals surface area contributed by atoms with Crippen LogP contribution in [0.25, 0.3) is 0 Å². The van der Waals surface area contributed by atoms with Gasteiger partial charge in [0.1, 0.15) is 11.6 Å². The predicted molar refractivity (Wildman–Crippen MR) is 112 cm³/mol. The molecular formula is C24H40F2O2. The highest BCUT2D eigenvalue weighted by atomic mass is 19.1. The summed E-state index contributed by atoms with van der Waals surface area (Å²) in [5.74, 6) is -1.32. The fraction of sp³-hybridized carbons (Fsp3) is 0.750. The van der Waals surface area contributed by atoms with E-state index < -0.39 is 17.4 Å². The summed E-state index contributed by atoms with van der Waals surface area (Å²) in [5, 5.41) is 0. The molecule has 0 radical (unpaired) electrons. The largest absolute Gasteiger partial charge is 0.350 e. The van der Waals surface area contributed by atoms with Gasteiger partial charge in [-0.05, 0) is 58.1 Å². The Hall–Kier alpha value is -1.00. The number of unbranched alkanes of at least 4 members (excludes halogenated alkanes) is 5. The van der Waals surface area contributed by atoms with Crippen LogP contribution < -0.4 is 0 Å². The van der Waals surface area contributed by atoms with Gasteiger partial charge in [-0.3, -0.25) is 0 Å². The third kappa shape index (κ3) is 9.00. The highest BCUT2D eigenvalue weighted by Gasteiger charge is 2.34. The van der Waals surface area contributed by atoms with Gasteiger partial charge in [-0.15, -0.1) is 0 Å². The van der Waals surface area contributed by atoms with Crippen molar-refractivity contribution in [2.75, 3.05) is 13.2 Å². The average Bonchev–Trinajstić information content (AvgIpc) is 2.65. The second-order valence-corrected chi connectivity index (χ2v) is 7.76. The van der Waals surface area contributed by atoms with Crippen LogP contribution in [0, 0.1) is 17.6 Å². The Kier molecular flexibility index (Phi) is 12.6. The predicted octanol–water partition coefficient (Wildman–Crippen LogP) is 7.44. The second-order valence-electron chi connectivity index (χ2n) is 7.76. The van der Waals surface area contributed by atoms with Crippen molar-refractivity contribution in [3.63, 3.8) is 0 Å². The fourth-order valence-corrected chi connectivity index (χ4v) is 3.95. The lowest BCUT2D eigenvalue weighted by molar-refractivity contribution is -0.254. The molecule has 1 aromatic carbocycles. The Morgan fingerprint density at radius 1 is 0.857 bits per heavy atom. The summed E-state index contributed by atoms with van der Waals surface area (Å²) in [6.07, 6.45) is 10.9. The first kappa shape index (κ1) is 25.0. The highest BCUT2D eigenvalue weighted by molar-refractivity contribution is 5.18. The van der Waals surface area contributed by atoms with Gasteiger partial charge in [0.15, 0.2) is 5.79 Å². The van der Waals surface area contributed by atoms with Crippen LogP contribution >= 0.6 is 0 Å². The third-order valence-corrected chi connectivity index (χ3v) is 5.52. The van der Waals surface area contributed by atoms with E-state index in [1.165, 1.54) is 38.2 Å². The molecule has 1 rings (SSSR count). The first-order chi connectivity index (χ1) is 13.5. The van der Waals surface area contributed by atoms with Crippen molar-refractivity contribution in [2.45, 2.75) is 97.7 Å². The average molecular weight is 399 g/mol. The quantitative estimate of drug-likeness (QED) is 0.213. The van der Waals surface area contributed by atoms with Crippen LogP contribution in [0.5, 0.6) is 0 Å². The first-order valence-electron chi connectivity index (χ1n) is 11.2. The van der Waals surface area contributed by atoms with Crippen LogP contribution in [0.15, 0.2) is 18.2 Å². The molecule has 4 heteroatoms. The van der Waals surface area contributed by atoms with Crippen molar-refractivity contribution in [1.29, 1.82) is 0 Å². The summed E-state index contributed by atoms with van der Waals surface area (Å²) in [7, 11) is 0. The van der Waals surface area contributed by atoms with Crippen molar-refractivity contribution in [2.24, 2.45) is 5.92 Å². The number of benzene rings is 1. The van der Waals surface area contributed by atoms with E-state index in [0.29, 0.717) is 25.2 Å². The molecule has 0 saturated heterocycles. The van der Waals surface area contributed by atoms with E-state index in [1.54, 1.807) is 6.07 Å². The number of rotatable bonds is 16. The maximum atomic E-state index is 13.9. The van der Waals surface area contributed by atoms with Crippen LogP contribution in [0.4, 0.5) is 8.78 Å².